The van der Waals surface area contributed by atoms with Gasteiger partial charge < -0.3 is 10.1 Å². The van der Waals surface area contributed by atoms with Crippen LogP contribution in [0.1, 0.15) is 12.1 Å². The lowest BCUT2D eigenvalue weighted by Gasteiger charge is -2.10. The van der Waals surface area contributed by atoms with E-state index in [2.05, 4.69) is 19.8 Å². The van der Waals surface area contributed by atoms with E-state index in [0.717, 1.165) is 28.5 Å². The Morgan fingerprint density at radius 2 is 2.00 bits per heavy atom. The Morgan fingerprint density at radius 1 is 1.33 bits per heavy atom. The summed E-state index contributed by atoms with van der Waals surface area (Å²) in [5, 5.41) is 11.5. The van der Waals surface area contributed by atoms with E-state index < -0.39 is 28.0 Å². The highest BCUT2D eigenvalue weighted by Gasteiger charge is 2.31. The smallest absolute Gasteiger partial charge is 0.406 e. The summed E-state index contributed by atoms with van der Waals surface area (Å²) in [6, 6.07) is 5.67. The van der Waals surface area contributed by atoms with E-state index in [-0.39, 0.29) is 23.6 Å². The highest BCUT2D eigenvalue weighted by Crippen LogP contribution is 2.31. The first-order valence-electron chi connectivity index (χ1n) is 8.12. The van der Waals surface area contributed by atoms with Crippen molar-refractivity contribution in [2.75, 3.05) is 17.6 Å². The number of ether oxygens (including phenoxy) is 1. The van der Waals surface area contributed by atoms with Crippen molar-refractivity contribution >= 4 is 44.2 Å². The zero-order valence-electron chi connectivity index (χ0n) is 15.3. The second-order valence-corrected chi connectivity index (χ2v) is 9.56. The molecule has 0 aliphatic rings. The van der Waals surface area contributed by atoms with Crippen molar-refractivity contribution in [3.8, 4) is 11.8 Å². The number of hydrogen-bond acceptors (Lipinski definition) is 8. The molecular formula is C16H15F3N4O4S3. The highest BCUT2D eigenvalue weighted by molar-refractivity contribution is 8.01. The normalized spacial score (nSPS) is 11.7. The number of nitrogens with one attached hydrogen (secondary N) is 2. The molecule has 1 heterocycles. The molecular weight excluding hydrogens is 465 g/mol. The molecule has 0 radical (unpaired) electrons. The zero-order valence-corrected chi connectivity index (χ0v) is 17.8. The molecule has 0 aliphatic carbocycles. The predicted molar refractivity (Wildman–Crippen MR) is 105 cm³/mol. The second-order valence-electron chi connectivity index (χ2n) is 5.55. The van der Waals surface area contributed by atoms with E-state index in [1.807, 2.05) is 6.07 Å². The summed E-state index contributed by atoms with van der Waals surface area (Å²) in [7, 11) is -4.02. The standard InChI is InChI=1S/C16H15F3N4O4S3/c1-10-14(28-9-7-20)29-15(22-10)23-13(24)6-8-21-30(25,26)12-4-2-11(3-5-12)27-16(17,18)19/h2-5,21H,6,8-9H2,1H3,(H,22,23,24). The van der Waals surface area contributed by atoms with Crippen molar-refractivity contribution in [1.82, 2.24) is 9.71 Å². The summed E-state index contributed by atoms with van der Waals surface area (Å²) < 4.78 is 67.4. The van der Waals surface area contributed by atoms with Crippen LogP contribution in [0.3, 0.4) is 0 Å². The van der Waals surface area contributed by atoms with E-state index in [1.165, 1.54) is 23.1 Å². The van der Waals surface area contributed by atoms with Gasteiger partial charge in [-0.3, -0.25) is 4.79 Å². The monoisotopic (exact) mass is 480 g/mol. The van der Waals surface area contributed by atoms with Crippen LogP contribution in [0.5, 0.6) is 5.75 Å². The van der Waals surface area contributed by atoms with Crippen molar-refractivity contribution in [2.24, 2.45) is 0 Å². The average Bonchev–Trinajstić information content (AvgIpc) is 2.98. The van der Waals surface area contributed by atoms with Gasteiger partial charge >= 0.3 is 6.36 Å². The minimum atomic E-state index is -4.88. The van der Waals surface area contributed by atoms with Gasteiger partial charge in [-0.05, 0) is 31.2 Å². The van der Waals surface area contributed by atoms with Gasteiger partial charge in [-0.15, -0.1) is 13.2 Å². The molecule has 162 valence electrons. The Balaban J connectivity index is 1.86. The van der Waals surface area contributed by atoms with Gasteiger partial charge in [0, 0.05) is 13.0 Å². The third-order valence-electron chi connectivity index (χ3n) is 3.28. The fourth-order valence-corrected chi connectivity index (χ4v) is 4.90. The van der Waals surface area contributed by atoms with Crippen LogP contribution in [0.2, 0.25) is 0 Å². The number of nitriles is 1. The summed E-state index contributed by atoms with van der Waals surface area (Å²) >= 11 is 2.51. The Bertz CT molecular complexity index is 1030. The predicted octanol–water partition coefficient (Wildman–Crippen LogP) is 3.27. The van der Waals surface area contributed by atoms with Crippen molar-refractivity contribution < 1.29 is 31.1 Å². The lowest BCUT2D eigenvalue weighted by atomic mass is 10.3. The number of sulfonamides is 1. The Labute approximate surface area is 178 Å². The van der Waals surface area contributed by atoms with Crippen LogP contribution in [0.15, 0.2) is 33.4 Å². The molecule has 8 nitrogen and oxygen atoms in total. The molecule has 2 N–H and O–H groups in total. The average molecular weight is 481 g/mol. The number of thioether (sulfide) groups is 1. The van der Waals surface area contributed by atoms with Crippen molar-refractivity contribution in [1.29, 1.82) is 5.26 Å². The number of alkyl halides is 3. The van der Waals surface area contributed by atoms with E-state index >= 15 is 0 Å². The number of aromatic nitrogens is 1. The van der Waals surface area contributed by atoms with Crippen molar-refractivity contribution in [2.45, 2.75) is 28.8 Å². The number of benzene rings is 1. The number of halogens is 3. The van der Waals surface area contributed by atoms with Crippen LogP contribution >= 0.6 is 23.1 Å². The van der Waals surface area contributed by atoms with E-state index in [9.17, 15) is 26.4 Å². The summed E-state index contributed by atoms with van der Waals surface area (Å²) in [5.74, 6) is -0.773. The topological polar surface area (TPSA) is 121 Å². The summed E-state index contributed by atoms with van der Waals surface area (Å²) in [5.41, 5.74) is 0.675. The molecule has 2 rings (SSSR count). The van der Waals surface area contributed by atoms with Gasteiger partial charge in [0.2, 0.25) is 15.9 Å². The number of amides is 1. The third kappa shape index (κ3) is 7.48. The largest absolute Gasteiger partial charge is 0.573 e. The minimum absolute atomic E-state index is 0.187. The molecule has 2 aromatic rings. The first-order valence-corrected chi connectivity index (χ1v) is 11.4. The minimum Gasteiger partial charge on any atom is -0.406 e. The Kier molecular flexibility index (Phi) is 8.07. The molecule has 0 saturated heterocycles. The van der Waals surface area contributed by atoms with Crippen LogP contribution in [0.25, 0.3) is 0 Å². The van der Waals surface area contributed by atoms with Gasteiger partial charge in [-0.25, -0.2) is 18.1 Å². The highest BCUT2D eigenvalue weighted by atomic mass is 32.2. The summed E-state index contributed by atoms with van der Waals surface area (Å²) in [4.78, 5) is 15.9. The Hall–Kier alpha value is -2.34. The van der Waals surface area contributed by atoms with Crippen molar-refractivity contribution in [3.63, 3.8) is 0 Å². The molecule has 0 bridgehead atoms. The molecule has 0 unspecified atom stereocenters. The number of rotatable bonds is 9. The quantitative estimate of drug-likeness (QED) is 0.528. The van der Waals surface area contributed by atoms with Crippen LogP contribution in [-0.4, -0.2) is 38.0 Å². The van der Waals surface area contributed by atoms with Crippen LogP contribution in [0, 0.1) is 18.3 Å². The molecule has 0 aliphatic heterocycles. The van der Waals surface area contributed by atoms with E-state index in [0.29, 0.717) is 10.8 Å². The SMILES string of the molecule is Cc1nc(NC(=O)CCNS(=O)(=O)c2ccc(OC(F)(F)F)cc2)sc1SCC#N. The van der Waals surface area contributed by atoms with E-state index in [1.54, 1.807) is 6.92 Å². The molecule has 0 spiro atoms. The number of thiazole rings is 1. The molecule has 0 saturated carbocycles. The van der Waals surface area contributed by atoms with Gasteiger partial charge in [0.05, 0.1) is 26.6 Å². The third-order valence-corrected chi connectivity index (χ3v) is 7.06. The van der Waals surface area contributed by atoms with Gasteiger partial charge in [-0.1, -0.05) is 23.1 Å². The molecule has 1 amide bonds. The maximum Gasteiger partial charge on any atom is 0.573 e. The van der Waals surface area contributed by atoms with Gasteiger partial charge in [-0.2, -0.15) is 5.26 Å². The first-order chi connectivity index (χ1) is 14.0. The molecule has 1 aromatic carbocycles. The number of carbonyl (C=O) groups is 1. The molecule has 14 heteroatoms. The summed E-state index contributed by atoms with van der Waals surface area (Å²) in [6.45, 7) is 1.51. The fraction of sp³-hybridized carbons (Fsp3) is 0.312. The zero-order chi connectivity index (χ0) is 22.4. The number of nitrogens with zero attached hydrogens (tertiary/aromatic N) is 2. The number of aryl methyl sites for hydroxylation is 1. The molecule has 1 aromatic heterocycles. The first kappa shape index (κ1) is 23.9. The van der Waals surface area contributed by atoms with E-state index in [4.69, 9.17) is 5.26 Å². The number of anilines is 1. The van der Waals surface area contributed by atoms with Gasteiger partial charge in [0.1, 0.15) is 5.75 Å². The lowest BCUT2D eigenvalue weighted by molar-refractivity contribution is -0.274. The molecule has 30 heavy (non-hydrogen) atoms. The second kappa shape index (κ2) is 10.1. The van der Waals surface area contributed by atoms with Gasteiger partial charge in [0.15, 0.2) is 5.13 Å². The summed E-state index contributed by atoms with van der Waals surface area (Å²) in [6.07, 6.45) is -5.06. The lowest BCUT2D eigenvalue weighted by Crippen LogP contribution is -2.27. The van der Waals surface area contributed by atoms with Crippen LogP contribution < -0.4 is 14.8 Å². The fourth-order valence-electron chi connectivity index (χ4n) is 2.05. The maximum absolute atomic E-state index is 12.2. The maximum atomic E-state index is 12.2. The Morgan fingerprint density at radius 3 is 2.60 bits per heavy atom. The van der Waals surface area contributed by atoms with Gasteiger partial charge in [0.25, 0.3) is 0 Å². The van der Waals surface area contributed by atoms with Crippen LogP contribution in [0.4, 0.5) is 18.3 Å². The molecule has 0 atom stereocenters. The number of hydrogen-bond donors (Lipinski definition) is 2. The molecule has 0 fully saturated rings. The van der Waals surface area contributed by atoms with Crippen molar-refractivity contribution in [3.05, 3.63) is 30.0 Å². The van der Waals surface area contributed by atoms with Crippen LogP contribution in [-0.2, 0) is 14.8 Å². The number of carbonyl (C=O) groups excluding carboxylic acids is 1.